The van der Waals surface area contributed by atoms with Gasteiger partial charge in [0, 0.05) is 17.7 Å². The van der Waals surface area contributed by atoms with Gasteiger partial charge in [-0.1, -0.05) is 23.7 Å². The average Bonchev–Trinajstić information content (AvgIpc) is 2.36. The van der Waals surface area contributed by atoms with Gasteiger partial charge in [0.15, 0.2) is 5.82 Å². The first kappa shape index (κ1) is 12.4. The monoisotopic (exact) mass is 269 g/mol. The van der Waals surface area contributed by atoms with Gasteiger partial charge in [-0.2, -0.15) is 0 Å². The van der Waals surface area contributed by atoms with Crippen LogP contribution < -0.4 is 0 Å². The lowest BCUT2D eigenvalue weighted by Crippen LogP contribution is -1.91. The molecule has 0 N–H and O–H groups in total. The minimum Gasteiger partial charge on any atom is -0.258 e. The maximum atomic E-state index is 13.7. The Bertz CT molecular complexity index is 631. The van der Waals surface area contributed by atoms with Crippen LogP contribution in [0.25, 0.3) is 11.1 Å². The number of benzene rings is 2. The van der Waals surface area contributed by atoms with E-state index in [1.165, 1.54) is 30.3 Å². The van der Waals surface area contributed by atoms with Gasteiger partial charge in [0.1, 0.15) is 10.8 Å². The Balaban J connectivity index is 2.59. The molecular weight excluding hydrogens is 264 g/mol. The summed E-state index contributed by atoms with van der Waals surface area (Å²) in [6.45, 7) is 0. The van der Waals surface area contributed by atoms with Crippen molar-refractivity contribution in [1.29, 1.82) is 0 Å². The van der Waals surface area contributed by atoms with Crippen LogP contribution in [0, 0.1) is 21.7 Å². The van der Waals surface area contributed by atoms with Crippen molar-refractivity contribution in [2.75, 3.05) is 0 Å². The molecule has 2 rings (SSSR count). The zero-order valence-electron chi connectivity index (χ0n) is 8.86. The van der Waals surface area contributed by atoms with Crippen molar-refractivity contribution >= 4 is 17.3 Å². The summed E-state index contributed by atoms with van der Waals surface area (Å²) in [4.78, 5) is 10.0. The average molecular weight is 270 g/mol. The molecule has 0 bridgehead atoms. The lowest BCUT2D eigenvalue weighted by molar-refractivity contribution is -0.384. The molecule has 2 aromatic rings. The third kappa shape index (κ3) is 2.17. The van der Waals surface area contributed by atoms with E-state index in [9.17, 15) is 18.9 Å². The van der Waals surface area contributed by atoms with E-state index in [0.29, 0.717) is 0 Å². The topological polar surface area (TPSA) is 43.1 Å². The van der Waals surface area contributed by atoms with Gasteiger partial charge in [0.2, 0.25) is 0 Å². The van der Waals surface area contributed by atoms with Gasteiger partial charge in [-0.15, -0.1) is 0 Å². The summed E-state index contributed by atoms with van der Waals surface area (Å²) in [5, 5.41) is 9.99. The normalized spacial score (nSPS) is 10.4. The van der Waals surface area contributed by atoms with Crippen LogP contribution in [0.1, 0.15) is 0 Å². The van der Waals surface area contributed by atoms with E-state index < -0.39 is 21.6 Å². The molecule has 0 aliphatic carbocycles. The zero-order valence-corrected chi connectivity index (χ0v) is 9.62. The fourth-order valence-corrected chi connectivity index (χ4v) is 1.70. The van der Waals surface area contributed by atoms with Crippen molar-refractivity contribution in [2.45, 2.75) is 0 Å². The fourth-order valence-electron chi connectivity index (χ4n) is 1.54. The zero-order chi connectivity index (χ0) is 13.3. The molecule has 0 aliphatic rings. The molecule has 0 saturated heterocycles. The van der Waals surface area contributed by atoms with E-state index in [2.05, 4.69) is 0 Å². The number of nitro groups is 1. The van der Waals surface area contributed by atoms with Crippen LogP contribution >= 0.6 is 11.6 Å². The summed E-state index contributed by atoms with van der Waals surface area (Å²) in [7, 11) is 0. The van der Waals surface area contributed by atoms with Crippen LogP contribution in [0.4, 0.5) is 14.5 Å². The maximum Gasteiger partial charge on any atom is 0.270 e. The number of halogens is 3. The highest BCUT2D eigenvalue weighted by molar-refractivity contribution is 6.31. The van der Waals surface area contributed by atoms with Crippen molar-refractivity contribution in [3.63, 3.8) is 0 Å². The summed E-state index contributed by atoms with van der Waals surface area (Å²) in [5.41, 5.74) is 0.112. The molecule has 0 atom stereocenters. The van der Waals surface area contributed by atoms with Crippen molar-refractivity contribution in [3.05, 3.63) is 63.2 Å². The summed E-state index contributed by atoms with van der Waals surface area (Å²) in [6, 6.07) is 7.60. The Labute approximate surface area is 106 Å². The lowest BCUT2D eigenvalue weighted by Gasteiger charge is -2.05. The van der Waals surface area contributed by atoms with Crippen LogP contribution in [-0.2, 0) is 0 Å². The number of nitro benzene ring substituents is 1. The van der Waals surface area contributed by atoms with Crippen LogP contribution in [0.5, 0.6) is 0 Å². The van der Waals surface area contributed by atoms with E-state index in [4.69, 9.17) is 11.6 Å². The SMILES string of the molecule is O=[N+]([O-])c1cccc(-c2ccc(F)c(Cl)c2F)c1. The third-order valence-corrected chi connectivity index (χ3v) is 2.75. The molecule has 2 aromatic carbocycles. The summed E-state index contributed by atoms with van der Waals surface area (Å²) < 4.78 is 26.7. The highest BCUT2D eigenvalue weighted by Crippen LogP contribution is 2.31. The van der Waals surface area contributed by atoms with E-state index >= 15 is 0 Å². The first-order chi connectivity index (χ1) is 8.50. The Morgan fingerprint density at radius 2 is 1.89 bits per heavy atom. The molecule has 0 unspecified atom stereocenters. The van der Waals surface area contributed by atoms with Crippen molar-refractivity contribution in [1.82, 2.24) is 0 Å². The van der Waals surface area contributed by atoms with Gasteiger partial charge in [0.05, 0.1) is 4.92 Å². The molecule has 0 aromatic heterocycles. The molecule has 0 heterocycles. The molecule has 92 valence electrons. The standard InChI is InChI=1S/C12H6ClF2NO2/c13-11-10(14)5-4-9(12(11)15)7-2-1-3-8(6-7)16(17)18/h1-6H. The molecule has 0 amide bonds. The van der Waals surface area contributed by atoms with Crippen LogP contribution in [0.15, 0.2) is 36.4 Å². The van der Waals surface area contributed by atoms with Gasteiger partial charge in [-0.25, -0.2) is 8.78 Å². The molecular formula is C12H6ClF2NO2. The first-order valence-corrected chi connectivity index (χ1v) is 5.27. The molecule has 0 radical (unpaired) electrons. The van der Waals surface area contributed by atoms with E-state index in [1.54, 1.807) is 0 Å². The van der Waals surface area contributed by atoms with Gasteiger partial charge in [0.25, 0.3) is 5.69 Å². The Morgan fingerprint density at radius 3 is 2.56 bits per heavy atom. The fraction of sp³-hybridized carbons (Fsp3) is 0. The smallest absolute Gasteiger partial charge is 0.258 e. The number of rotatable bonds is 2. The van der Waals surface area contributed by atoms with Gasteiger partial charge in [-0.3, -0.25) is 10.1 Å². The highest BCUT2D eigenvalue weighted by Gasteiger charge is 2.15. The number of hydrogen-bond donors (Lipinski definition) is 0. The second-order valence-corrected chi connectivity index (χ2v) is 3.91. The van der Waals surface area contributed by atoms with Crippen LogP contribution in [0.3, 0.4) is 0 Å². The predicted molar refractivity (Wildman–Crippen MR) is 63.5 cm³/mol. The minimum absolute atomic E-state index is 0.0186. The Morgan fingerprint density at radius 1 is 1.17 bits per heavy atom. The molecule has 0 fully saturated rings. The molecule has 3 nitrogen and oxygen atoms in total. The maximum absolute atomic E-state index is 13.7. The van der Waals surface area contributed by atoms with Crippen LogP contribution in [0.2, 0.25) is 5.02 Å². The highest BCUT2D eigenvalue weighted by atomic mass is 35.5. The first-order valence-electron chi connectivity index (χ1n) is 4.89. The number of non-ortho nitro benzene ring substituents is 1. The molecule has 18 heavy (non-hydrogen) atoms. The third-order valence-electron chi connectivity index (χ3n) is 2.40. The summed E-state index contributed by atoms with van der Waals surface area (Å²) in [5.74, 6) is -1.81. The quantitative estimate of drug-likeness (QED) is 0.466. The van der Waals surface area contributed by atoms with E-state index in [-0.39, 0.29) is 16.8 Å². The van der Waals surface area contributed by atoms with E-state index in [0.717, 1.165) is 6.07 Å². The number of hydrogen-bond acceptors (Lipinski definition) is 2. The summed E-state index contributed by atoms with van der Waals surface area (Å²) in [6.07, 6.45) is 0. The number of nitrogens with zero attached hydrogens (tertiary/aromatic N) is 1. The molecule has 0 spiro atoms. The van der Waals surface area contributed by atoms with Gasteiger partial charge >= 0.3 is 0 Å². The van der Waals surface area contributed by atoms with Gasteiger partial charge in [-0.05, 0) is 17.7 Å². The van der Waals surface area contributed by atoms with Crippen molar-refractivity contribution in [3.8, 4) is 11.1 Å². The lowest BCUT2D eigenvalue weighted by atomic mass is 10.0. The Hall–Kier alpha value is -2.01. The molecule has 0 aliphatic heterocycles. The van der Waals surface area contributed by atoms with Crippen LogP contribution in [-0.4, -0.2) is 4.92 Å². The second kappa shape index (κ2) is 4.70. The summed E-state index contributed by atoms with van der Waals surface area (Å²) >= 11 is 5.45. The second-order valence-electron chi connectivity index (χ2n) is 3.53. The predicted octanol–water partition coefficient (Wildman–Crippen LogP) is 4.19. The van der Waals surface area contributed by atoms with Gasteiger partial charge < -0.3 is 0 Å². The van der Waals surface area contributed by atoms with Crippen molar-refractivity contribution < 1.29 is 13.7 Å². The minimum atomic E-state index is -0.933. The molecule has 0 saturated carbocycles. The Kier molecular flexibility index (Phi) is 3.25. The molecule has 6 heteroatoms. The largest absolute Gasteiger partial charge is 0.270 e. The van der Waals surface area contributed by atoms with Crippen molar-refractivity contribution in [2.24, 2.45) is 0 Å². The van der Waals surface area contributed by atoms with E-state index in [1.807, 2.05) is 0 Å².